The van der Waals surface area contributed by atoms with E-state index >= 15 is 0 Å². The number of rotatable bonds is 5. The molecule has 0 saturated heterocycles. The second-order valence-electron chi connectivity index (χ2n) is 5.96. The van der Waals surface area contributed by atoms with E-state index in [4.69, 9.17) is 18.9 Å². The third kappa shape index (κ3) is 3.25. The molecule has 5 heteroatoms. The number of carbonyl (C=O) groups is 1. The number of Topliss-reactive ketones (excluding diaryl/α,β-unsaturated/α-hetero) is 1. The number of ketones is 1. The zero-order valence-corrected chi connectivity index (χ0v) is 15.4. The number of hydrogen-bond acceptors (Lipinski definition) is 5. The lowest BCUT2D eigenvalue weighted by Gasteiger charge is -2.19. The molecule has 2 aromatic carbocycles. The van der Waals surface area contributed by atoms with Gasteiger partial charge in [0.2, 0.25) is 5.75 Å². The summed E-state index contributed by atoms with van der Waals surface area (Å²) in [4.78, 5) is 12.6. The van der Waals surface area contributed by atoms with Gasteiger partial charge in [-0.3, -0.25) is 4.79 Å². The monoisotopic (exact) mass is 354 g/mol. The Morgan fingerprint density at radius 1 is 0.846 bits per heavy atom. The Labute approximate surface area is 153 Å². The Morgan fingerprint density at radius 2 is 1.54 bits per heavy atom. The van der Waals surface area contributed by atoms with Crippen molar-refractivity contribution < 1.29 is 23.7 Å². The van der Waals surface area contributed by atoms with Crippen LogP contribution >= 0.6 is 0 Å². The summed E-state index contributed by atoms with van der Waals surface area (Å²) in [5.74, 6) is 2.46. The van der Waals surface area contributed by atoms with Crippen molar-refractivity contribution in [3.8, 4) is 23.0 Å². The number of hydrogen-bond donors (Lipinski definition) is 0. The summed E-state index contributed by atoms with van der Waals surface area (Å²) in [6.45, 7) is 0. The van der Waals surface area contributed by atoms with E-state index in [0.717, 1.165) is 28.9 Å². The minimum Gasteiger partial charge on any atom is -0.497 e. The van der Waals surface area contributed by atoms with Gasteiger partial charge in [-0.15, -0.1) is 0 Å². The van der Waals surface area contributed by atoms with Crippen LogP contribution in [0.5, 0.6) is 23.0 Å². The molecule has 0 amide bonds. The topological polar surface area (TPSA) is 54.0 Å². The molecule has 1 aliphatic carbocycles. The highest BCUT2D eigenvalue weighted by atomic mass is 16.5. The summed E-state index contributed by atoms with van der Waals surface area (Å²) in [5, 5.41) is 0. The quantitative estimate of drug-likeness (QED) is 0.765. The van der Waals surface area contributed by atoms with Crippen LogP contribution in [-0.4, -0.2) is 34.2 Å². The average Bonchev–Trinajstić information content (AvgIpc) is 2.68. The molecule has 136 valence electrons. The maximum Gasteiger partial charge on any atom is 0.203 e. The first-order valence-corrected chi connectivity index (χ1v) is 8.33. The third-order valence-corrected chi connectivity index (χ3v) is 4.53. The smallest absolute Gasteiger partial charge is 0.203 e. The van der Waals surface area contributed by atoms with Crippen LogP contribution in [0.2, 0.25) is 0 Å². The van der Waals surface area contributed by atoms with E-state index in [1.165, 1.54) is 0 Å². The Balaban J connectivity index is 2.14. The summed E-state index contributed by atoms with van der Waals surface area (Å²) in [5.41, 5.74) is 3.52. The molecule has 0 N–H and O–H groups in total. The van der Waals surface area contributed by atoms with Gasteiger partial charge in [0, 0.05) is 12.0 Å². The lowest BCUT2D eigenvalue weighted by atomic mass is 9.85. The molecule has 1 aliphatic rings. The van der Waals surface area contributed by atoms with Crippen molar-refractivity contribution in [2.24, 2.45) is 0 Å². The Kier molecular flexibility index (Phi) is 5.16. The molecular weight excluding hydrogens is 332 g/mol. The summed E-state index contributed by atoms with van der Waals surface area (Å²) < 4.78 is 21.5. The summed E-state index contributed by atoms with van der Waals surface area (Å²) in [6, 6.07) is 9.51. The van der Waals surface area contributed by atoms with Crippen molar-refractivity contribution in [3.63, 3.8) is 0 Å². The highest BCUT2D eigenvalue weighted by Crippen LogP contribution is 2.40. The van der Waals surface area contributed by atoms with Crippen LogP contribution in [0.15, 0.2) is 30.3 Å². The van der Waals surface area contributed by atoms with Crippen LogP contribution in [0.1, 0.15) is 23.1 Å². The first kappa shape index (κ1) is 17.9. The van der Waals surface area contributed by atoms with Gasteiger partial charge in [-0.1, -0.05) is 6.07 Å². The van der Waals surface area contributed by atoms with Gasteiger partial charge in [-0.25, -0.2) is 0 Å². The molecule has 3 rings (SSSR count). The number of methoxy groups -OCH3 is 4. The standard InChI is InChI=1S/C21H22O5/c1-23-15-7-5-14-6-8-18(22)17(16(14)12-15)9-13-10-19(24-2)21(26-4)20(11-13)25-3/h5,7,9-12H,6,8H2,1-4H3/b17-9+. The van der Waals surface area contributed by atoms with Crippen LogP contribution < -0.4 is 18.9 Å². The Bertz CT molecular complexity index is 842. The number of allylic oxidation sites excluding steroid dienone is 1. The van der Waals surface area contributed by atoms with Gasteiger partial charge in [0.25, 0.3) is 0 Å². The number of aryl methyl sites for hydroxylation is 1. The summed E-state index contributed by atoms with van der Waals surface area (Å²) >= 11 is 0. The fourth-order valence-electron chi connectivity index (χ4n) is 3.19. The van der Waals surface area contributed by atoms with E-state index < -0.39 is 0 Å². The molecule has 0 heterocycles. The number of carbonyl (C=O) groups excluding carboxylic acids is 1. The zero-order valence-electron chi connectivity index (χ0n) is 15.4. The number of ether oxygens (including phenoxy) is 4. The van der Waals surface area contributed by atoms with Crippen LogP contribution in [0.3, 0.4) is 0 Å². The molecule has 26 heavy (non-hydrogen) atoms. The van der Waals surface area contributed by atoms with Gasteiger partial charge in [-0.2, -0.15) is 0 Å². The predicted octanol–water partition coefficient (Wildman–Crippen LogP) is 3.78. The average molecular weight is 354 g/mol. The largest absolute Gasteiger partial charge is 0.497 e. The molecule has 0 radical (unpaired) electrons. The van der Waals surface area contributed by atoms with E-state index in [1.807, 2.05) is 36.4 Å². The SMILES string of the molecule is COc1ccc2c(c1)/C(=C\c1cc(OC)c(OC)c(OC)c1)C(=O)CC2. The van der Waals surface area contributed by atoms with E-state index in [0.29, 0.717) is 29.2 Å². The van der Waals surface area contributed by atoms with Gasteiger partial charge in [-0.05, 0) is 53.5 Å². The second kappa shape index (κ2) is 7.52. The van der Waals surface area contributed by atoms with Gasteiger partial charge < -0.3 is 18.9 Å². The van der Waals surface area contributed by atoms with Crippen LogP contribution in [0, 0.1) is 0 Å². The summed E-state index contributed by atoms with van der Waals surface area (Å²) in [6.07, 6.45) is 3.10. The first-order chi connectivity index (χ1) is 12.6. The molecule has 0 unspecified atom stereocenters. The molecular formula is C21H22O5. The lowest BCUT2D eigenvalue weighted by molar-refractivity contribution is -0.113. The molecule has 0 aromatic heterocycles. The van der Waals surface area contributed by atoms with Gasteiger partial charge in [0.15, 0.2) is 17.3 Å². The van der Waals surface area contributed by atoms with Crippen LogP contribution in [0.4, 0.5) is 0 Å². The fourth-order valence-corrected chi connectivity index (χ4v) is 3.19. The van der Waals surface area contributed by atoms with Crippen molar-refractivity contribution in [2.45, 2.75) is 12.8 Å². The fraction of sp³-hybridized carbons (Fsp3) is 0.286. The molecule has 0 bridgehead atoms. The van der Waals surface area contributed by atoms with E-state index in [2.05, 4.69) is 0 Å². The second-order valence-corrected chi connectivity index (χ2v) is 5.96. The highest BCUT2D eigenvalue weighted by Gasteiger charge is 2.22. The van der Waals surface area contributed by atoms with Crippen molar-refractivity contribution in [2.75, 3.05) is 28.4 Å². The minimum atomic E-state index is 0.111. The highest BCUT2D eigenvalue weighted by molar-refractivity contribution is 6.26. The van der Waals surface area contributed by atoms with E-state index in [1.54, 1.807) is 28.4 Å². The van der Waals surface area contributed by atoms with Gasteiger partial charge in [0.1, 0.15) is 5.75 Å². The Morgan fingerprint density at radius 3 is 2.12 bits per heavy atom. The van der Waals surface area contributed by atoms with Crippen molar-refractivity contribution >= 4 is 17.4 Å². The minimum absolute atomic E-state index is 0.111. The Hall–Kier alpha value is -2.95. The molecule has 0 atom stereocenters. The molecule has 0 fully saturated rings. The number of fused-ring (bicyclic) bond motifs is 1. The van der Waals surface area contributed by atoms with E-state index in [9.17, 15) is 4.79 Å². The van der Waals surface area contributed by atoms with Crippen molar-refractivity contribution in [1.29, 1.82) is 0 Å². The third-order valence-electron chi connectivity index (χ3n) is 4.53. The van der Waals surface area contributed by atoms with E-state index in [-0.39, 0.29) is 5.78 Å². The normalized spacial score (nSPS) is 14.8. The maximum atomic E-state index is 12.6. The predicted molar refractivity (Wildman–Crippen MR) is 100 cm³/mol. The van der Waals surface area contributed by atoms with Crippen molar-refractivity contribution in [3.05, 3.63) is 47.0 Å². The first-order valence-electron chi connectivity index (χ1n) is 8.33. The molecule has 0 spiro atoms. The zero-order chi connectivity index (χ0) is 18.7. The van der Waals surface area contributed by atoms with Gasteiger partial charge in [0.05, 0.1) is 28.4 Å². The molecule has 0 saturated carbocycles. The molecule has 2 aromatic rings. The summed E-state index contributed by atoms with van der Waals surface area (Å²) in [7, 11) is 6.32. The lowest BCUT2D eigenvalue weighted by Crippen LogP contribution is -2.12. The molecule has 0 aliphatic heterocycles. The van der Waals surface area contributed by atoms with Gasteiger partial charge >= 0.3 is 0 Å². The van der Waals surface area contributed by atoms with Crippen molar-refractivity contribution in [1.82, 2.24) is 0 Å². The number of benzene rings is 2. The molecule has 5 nitrogen and oxygen atoms in total. The maximum absolute atomic E-state index is 12.6. The van der Waals surface area contributed by atoms with Crippen LogP contribution in [-0.2, 0) is 11.2 Å². The van der Waals surface area contributed by atoms with Crippen LogP contribution in [0.25, 0.3) is 11.6 Å².